The summed E-state index contributed by atoms with van der Waals surface area (Å²) in [6.07, 6.45) is 1.03. The zero-order chi connectivity index (χ0) is 12.0. The molecule has 0 aliphatic heterocycles. The molecule has 0 aromatic heterocycles. The van der Waals surface area contributed by atoms with Crippen LogP contribution in [0.5, 0.6) is 0 Å². The monoisotopic (exact) mass is 284 g/mol. The van der Waals surface area contributed by atoms with Crippen LogP contribution in [0.25, 0.3) is 0 Å². The lowest BCUT2D eigenvalue weighted by Crippen LogP contribution is -2.34. The molecule has 1 rings (SSSR count). The summed E-state index contributed by atoms with van der Waals surface area (Å²) in [5.74, 6) is 0. The predicted octanol–water partition coefficient (Wildman–Crippen LogP) is 2.67. The molecule has 0 heterocycles. The molecule has 2 nitrogen and oxygen atoms in total. The van der Waals surface area contributed by atoms with Crippen molar-refractivity contribution in [3.05, 3.63) is 34.3 Å². The quantitative estimate of drug-likeness (QED) is 0.789. The van der Waals surface area contributed by atoms with Crippen molar-refractivity contribution in [2.24, 2.45) is 5.73 Å². The molecule has 0 aliphatic carbocycles. The molecule has 0 radical (unpaired) electrons. The van der Waals surface area contributed by atoms with Crippen LogP contribution in [-0.2, 0) is 5.41 Å². The van der Waals surface area contributed by atoms with Crippen molar-refractivity contribution in [3.8, 4) is 0 Å². The molecular weight excluding hydrogens is 264 g/mol. The van der Waals surface area contributed by atoms with Crippen molar-refractivity contribution in [3.63, 3.8) is 0 Å². The highest BCUT2D eigenvalue weighted by atomic mass is 79.9. The molecule has 3 N–H and O–H groups in total. The summed E-state index contributed by atoms with van der Waals surface area (Å²) in [7, 11) is 0. The Morgan fingerprint density at radius 1 is 1.31 bits per heavy atom. The van der Waals surface area contributed by atoms with E-state index in [0.29, 0.717) is 0 Å². The number of rotatable bonds is 6. The van der Waals surface area contributed by atoms with Crippen LogP contribution in [0.4, 0.5) is 0 Å². The summed E-state index contributed by atoms with van der Waals surface area (Å²) < 4.78 is 1.18. The number of halogens is 1. The summed E-state index contributed by atoms with van der Waals surface area (Å²) >= 11 is 3.61. The Morgan fingerprint density at radius 3 is 2.62 bits per heavy atom. The van der Waals surface area contributed by atoms with Gasteiger partial charge in [0.1, 0.15) is 0 Å². The third kappa shape index (κ3) is 3.89. The van der Waals surface area contributed by atoms with Crippen LogP contribution in [0.3, 0.4) is 0 Å². The minimum Gasteiger partial charge on any atom is -0.330 e. The van der Waals surface area contributed by atoms with Gasteiger partial charge in [0.15, 0.2) is 0 Å². The molecule has 1 aromatic carbocycles. The number of benzene rings is 1. The molecule has 3 heteroatoms. The standard InChI is InChI=1S/C13H21BrN2/c1-13(2,10-16-9-5-8-15)11-6-3-4-7-12(11)14/h3-4,6-7,16H,5,8-10,15H2,1-2H3. The lowest BCUT2D eigenvalue weighted by atomic mass is 9.84. The number of hydrogen-bond donors (Lipinski definition) is 2. The Bertz CT molecular complexity index is 323. The number of nitrogens with two attached hydrogens (primary N) is 1. The second-order valence-electron chi connectivity index (χ2n) is 4.68. The second-order valence-corrected chi connectivity index (χ2v) is 5.54. The maximum atomic E-state index is 5.47. The Labute approximate surface area is 107 Å². The molecule has 0 aliphatic rings. The largest absolute Gasteiger partial charge is 0.330 e. The zero-order valence-corrected chi connectivity index (χ0v) is 11.7. The van der Waals surface area contributed by atoms with Crippen LogP contribution in [0.2, 0.25) is 0 Å². The van der Waals surface area contributed by atoms with E-state index in [9.17, 15) is 0 Å². The van der Waals surface area contributed by atoms with E-state index in [1.165, 1.54) is 10.0 Å². The fourth-order valence-electron chi connectivity index (χ4n) is 1.73. The maximum absolute atomic E-state index is 5.47. The molecule has 0 fully saturated rings. The van der Waals surface area contributed by atoms with E-state index in [1.54, 1.807) is 0 Å². The molecule has 0 saturated heterocycles. The van der Waals surface area contributed by atoms with Crippen LogP contribution in [0, 0.1) is 0 Å². The van der Waals surface area contributed by atoms with Crippen LogP contribution in [-0.4, -0.2) is 19.6 Å². The Balaban J connectivity index is 2.59. The molecule has 1 aromatic rings. The lowest BCUT2D eigenvalue weighted by molar-refractivity contribution is 0.465. The summed E-state index contributed by atoms with van der Waals surface area (Å²) in [6, 6.07) is 8.40. The van der Waals surface area contributed by atoms with Gasteiger partial charge in [-0.05, 0) is 31.1 Å². The molecule has 0 saturated carbocycles. The van der Waals surface area contributed by atoms with E-state index in [2.05, 4.69) is 53.3 Å². The molecule has 0 spiro atoms. The van der Waals surface area contributed by atoms with Crippen molar-refractivity contribution in [2.75, 3.05) is 19.6 Å². The van der Waals surface area contributed by atoms with Crippen LogP contribution < -0.4 is 11.1 Å². The smallest absolute Gasteiger partial charge is 0.0213 e. The van der Waals surface area contributed by atoms with Gasteiger partial charge in [0.25, 0.3) is 0 Å². The predicted molar refractivity (Wildman–Crippen MR) is 73.7 cm³/mol. The Kier molecular flexibility index (Phi) is 5.46. The topological polar surface area (TPSA) is 38.0 Å². The van der Waals surface area contributed by atoms with Gasteiger partial charge in [-0.2, -0.15) is 0 Å². The van der Waals surface area contributed by atoms with Gasteiger partial charge in [0.05, 0.1) is 0 Å². The first-order valence-corrected chi connectivity index (χ1v) is 6.53. The van der Waals surface area contributed by atoms with Gasteiger partial charge in [-0.25, -0.2) is 0 Å². The Hall–Kier alpha value is -0.380. The highest BCUT2D eigenvalue weighted by Crippen LogP contribution is 2.29. The average Bonchev–Trinajstić information content (AvgIpc) is 2.25. The summed E-state index contributed by atoms with van der Waals surface area (Å²) in [5, 5.41) is 3.45. The third-order valence-corrected chi connectivity index (χ3v) is 3.42. The normalized spacial score (nSPS) is 11.8. The van der Waals surface area contributed by atoms with Crippen LogP contribution in [0.15, 0.2) is 28.7 Å². The summed E-state index contributed by atoms with van der Waals surface area (Å²) in [6.45, 7) is 7.22. The minimum absolute atomic E-state index is 0.134. The molecular formula is C13H21BrN2. The van der Waals surface area contributed by atoms with Crippen molar-refractivity contribution >= 4 is 15.9 Å². The van der Waals surface area contributed by atoms with Crippen molar-refractivity contribution in [2.45, 2.75) is 25.7 Å². The molecule has 90 valence electrons. The fourth-order valence-corrected chi connectivity index (χ4v) is 2.55. The highest BCUT2D eigenvalue weighted by Gasteiger charge is 2.21. The van der Waals surface area contributed by atoms with Crippen LogP contribution in [0.1, 0.15) is 25.8 Å². The van der Waals surface area contributed by atoms with Gasteiger partial charge in [0.2, 0.25) is 0 Å². The number of hydrogen-bond acceptors (Lipinski definition) is 2. The van der Waals surface area contributed by atoms with Crippen LogP contribution >= 0.6 is 15.9 Å². The fraction of sp³-hybridized carbons (Fsp3) is 0.538. The second kappa shape index (κ2) is 6.38. The Morgan fingerprint density at radius 2 is 2.00 bits per heavy atom. The molecule has 0 unspecified atom stereocenters. The molecule has 0 bridgehead atoms. The van der Waals surface area contributed by atoms with Gasteiger partial charge in [-0.1, -0.05) is 48.0 Å². The summed E-state index contributed by atoms with van der Waals surface area (Å²) in [5.41, 5.74) is 6.94. The minimum atomic E-state index is 0.134. The lowest BCUT2D eigenvalue weighted by Gasteiger charge is -2.27. The van der Waals surface area contributed by atoms with E-state index < -0.39 is 0 Å². The number of nitrogens with one attached hydrogen (secondary N) is 1. The third-order valence-electron chi connectivity index (χ3n) is 2.73. The van der Waals surface area contributed by atoms with Gasteiger partial charge in [0, 0.05) is 16.4 Å². The SMILES string of the molecule is CC(C)(CNCCCN)c1ccccc1Br. The maximum Gasteiger partial charge on any atom is 0.0213 e. The van der Waals surface area contributed by atoms with E-state index >= 15 is 0 Å². The van der Waals surface area contributed by atoms with E-state index in [0.717, 1.165) is 26.1 Å². The van der Waals surface area contributed by atoms with Gasteiger partial charge in [-0.15, -0.1) is 0 Å². The van der Waals surface area contributed by atoms with E-state index in [-0.39, 0.29) is 5.41 Å². The van der Waals surface area contributed by atoms with Crippen molar-refractivity contribution in [1.29, 1.82) is 0 Å². The first-order chi connectivity index (χ1) is 7.58. The average molecular weight is 285 g/mol. The first-order valence-electron chi connectivity index (χ1n) is 5.74. The zero-order valence-electron chi connectivity index (χ0n) is 10.1. The van der Waals surface area contributed by atoms with Gasteiger partial charge in [-0.3, -0.25) is 0 Å². The highest BCUT2D eigenvalue weighted by molar-refractivity contribution is 9.10. The molecule has 0 atom stereocenters. The van der Waals surface area contributed by atoms with E-state index in [4.69, 9.17) is 5.73 Å². The molecule has 16 heavy (non-hydrogen) atoms. The summed E-state index contributed by atoms with van der Waals surface area (Å²) in [4.78, 5) is 0. The van der Waals surface area contributed by atoms with Gasteiger partial charge < -0.3 is 11.1 Å². The van der Waals surface area contributed by atoms with Gasteiger partial charge >= 0.3 is 0 Å². The molecule has 0 amide bonds. The van der Waals surface area contributed by atoms with E-state index in [1.807, 2.05) is 6.07 Å². The van der Waals surface area contributed by atoms with Crippen molar-refractivity contribution in [1.82, 2.24) is 5.32 Å². The first kappa shape index (κ1) is 13.7. The van der Waals surface area contributed by atoms with Crippen molar-refractivity contribution < 1.29 is 0 Å².